The van der Waals surface area contributed by atoms with Crippen LogP contribution in [-0.2, 0) is 17.2 Å². The van der Waals surface area contributed by atoms with Gasteiger partial charge in [-0.3, -0.25) is 9.00 Å². The van der Waals surface area contributed by atoms with Crippen LogP contribution >= 0.6 is 0 Å². The van der Waals surface area contributed by atoms with Crippen LogP contribution < -0.4 is 10.6 Å². The molecule has 1 rings (SSSR count). The van der Waals surface area contributed by atoms with Crippen molar-refractivity contribution in [2.45, 2.75) is 25.5 Å². The Kier molecular flexibility index (Phi) is 5.95. The Morgan fingerprint density at radius 2 is 2.16 bits per heavy atom. The third-order valence-corrected chi connectivity index (χ3v) is 4.18. The molecular weight excluding hydrogens is 262 g/mol. The van der Waals surface area contributed by atoms with E-state index < -0.39 is 10.8 Å². The van der Waals surface area contributed by atoms with E-state index in [0.29, 0.717) is 17.9 Å². The summed E-state index contributed by atoms with van der Waals surface area (Å²) in [5.74, 6) is 0.516. The van der Waals surface area contributed by atoms with Crippen molar-refractivity contribution in [2.75, 3.05) is 25.2 Å². The van der Waals surface area contributed by atoms with E-state index in [-0.39, 0.29) is 11.2 Å². The zero-order chi connectivity index (χ0) is 14.4. The maximum atomic E-state index is 12.0. The van der Waals surface area contributed by atoms with Crippen LogP contribution in [0.25, 0.3) is 0 Å². The summed E-state index contributed by atoms with van der Waals surface area (Å²) in [6.45, 7) is 4.24. The molecule has 19 heavy (non-hydrogen) atoms. The van der Waals surface area contributed by atoms with Crippen molar-refractivity contribution in [3.8, 4) is 0 Å². The molecule has 1 aromatic heterocycles. The molecule has 106 valence electrons. The minimum atomic E-state index is -0.935. The Labute approximate surface area is 116 Å². The molecular formula is C13H21N3O2S. The maximum Gasteiger partial charge on any atom is 0.251 e. The number of aryl methyl sites for hydroxylation is 1. The van der Waals surface area contributed by atoms with Crippen molar-refractivity contribution in [1.29, 1.82) is 0 Å². The van der Waals surface area contributed by atoms with E-state index in [0.717, 1.165) is 12.1 Å². The number of carbonyl (C=O) groups is 1. The standard InChI is InChI=1S/C13H21N3O2S/c1-5-11-6-10(7-12(14-3)16-11)13(17)15-8-9(2)19(4)18/h6-7,9H,5,8H2,1-4H3,(H,14,16)(H,15,17). The van der Waals surface area contributed by atoms with Crippen LogP contribution in [0, 0.1) is 0 Å². The van der Waals surface area contributed by atoms with E-state index in [2.05, 4.69) is 15.6 Å². The SMILES string of the molecule is CCc1cc(C(=O)NCC(C)S(C)=O)cc(NC)n1. The van der Waals surface area contributed by atoms with Crippen LogP contribution in [0.4, 0.5) is 5.82 Å². The normalized spacial score (nSPS) is 13.7. The number of aromatic nitrogens is 1. The van der Waals surface area contributed by atoms with Gasteiger partial charge < -0.3 is 10.6 Å². The number of nitrogens with one attached hydrogen (secondary N) is 2. The van der Waals surface area contributed by atoms with Crippen molar-refractivity contribution in [2.24, 2.45) is 0 Å². The molecule has 0 aliphatic carbocycles. The molecule has 2 atom stereocenters. The van der Waals surface area contributed by atoms with Crippen LogP contribution in [0.5, 0.6) is 0 Å². The average Bonchev–Trinajstić information content (AvgIpc) is 2.43. The zero-order valence-electron chi connectivity index (χ0n) is 11.8. The molecule has 0 saturated heterocycles. The molecule has 0 saturated carbocycles. The number of hydrogen-bond donors (Lipinski definition) is 2. The minimum Gasteiger partial charge on any atom is -0.373 e. The van der Waals surface area contributed by atoms with Gasteiger partial charge in [-0.25, -0.2) is 4.98 Å². The summed E-state index contributed by atoms with van der Waals surface area (Å²) >= 11 is 0. The fourth-order valence-electron chi connectivity index (χ4n) is 1.48. The molecule has 1 heterocycles. The number of nitrogens with zero attached hydrogens (tertiary/aromatic N) is 1. The third kappa shape index (κ3) is 4.63. The van der Waals surface area contributed by atoms with Gasteiger partial charge in [-0.1, -0.05) is 6.92 Å². The number of carbonyl (C=O) groups excluding carboxylic acids is 1. The fourth-order valence-corrected chi connectivity index (χ4v) is 1.80. The molecule has 0 fully saturated rings. The van der Waals surface area contributed by atoms with Gasteiger partial charge in [0, 0.05) is 47.2 Å². The summed E-state index contributed by atoms with van der Waals surface area (Å²) in [5, 5.41) is 5.68. The first kappa shape index (κ1) is 15.6. The second-order valence-electron chi connectivity index (χ2n) is 4.36. The van der Waals surface area contributed by atoms with Crippen molar-refractivity contribution >= 4 is 22.5 Å². The first-order valence-electron chi connectivity index (χ1n) is 6.27. The second-order valence-corrected chi connectivity index (χ2v) is 6.16. The van der Waals surface area contributed by atoms with Gasteiger partial charge in [-0.15, -0.1) is 0 Å². The molecule has 0 aliphatic rings. The summed E-state index contributed by atoms with van der Waals surface area (Å²) in [6, 6.07) is 3.49. The van der Waals surface area contributed by atoms with E-state index in [1.807, 2.05) is 13.8 Å². The van der Waals surface area contributed by atoms with Crippen LogP contribution in [0.1, 0.15) is 29.9 Å². The predicted molar refractivity (Wildman–Crippen MR) is 79.0 cm³/mol. The molecule has 2 N–H and O–H groups in total. The van der Waals surface area contributed by atoms with Crippen molar-refractivity contribution in [1.82, 2.24) is 10.3 Å². The van der Waals surface area contributed by atoms with E-state index >= 15 is 0 Å². The lowest BCUT2D eigenvalue weighted by atomic mass is 10.2. The van der Waals surface area contributed by atoms with Crippen molar-refractivity contribution in [3.63, 3.8) is 0 Å². The van der Waals surface area contributed by atoms with Gasteiger partial charge in [-0.2, -0.15) is 0 Å². The number of pyridine rings is 1. The molecule has 2 unspecified atom stereocenters. The van der Waals surface area contributed by atoms with Gasteiger partial charge in [0.2, 0.25) is 0 Å². The molecule has 6 heteroatoms. The topological polar surface area (TPSA) is 71.1 Å². The highest BCUT2D eigenvalue weighted by molar-refractivity contribution is 7.84. The maximum absolute atomic E-state index is 12.0. The Morgan fingerprint density at radius 3 is 2.68 bits per heavy atom. The van der Waals surface area contributed by atoms with Crippen molar-refractivity contribution < 1.29 is 9.00 Å². The molecule has 0 aromatic carbocycles. The number of amides is 1. The number of hydrogen-bond acceptors (Lipinski definition) is 4. The molecule has 0 bridgehead atoms. The Hall–Kier alpha value is -1.43. The number of rotatable bonds is 6. The van der Waals surface area contributed by atoms with Gasteiger partial charge in [0.15, 0.2) is 0 Å². The van der Waals surface area contributed by atoms with E-state index in [9.17, 15) is 9.00 Å². The smallest absolute Gasteiger partial charge is 0.251 e. The van der Waals surface area contributed by atoms with Gasteiger partial charge in [0.1, 0.15) is 5.82 Å². The Balaban J connectivity index is 2.78. The van der Waals surface area contributed by atoms with E-state index in [1.54, 1.807) is 25.4 Å². The van der Waals surface area contributed by atoms with Gasteiger partial charge >= 0.3 is 0 Å². The minimum absolute atomic E-state index is 0.0554. The van der Waals surface area contributed by atoms with Crippen LogP contribution in [0.3, 0.4) is 0 Å². The van der Waals surface area contributed by atoms with Gasteiger partial charge in [0.05, 0.1) is 0 Å². The second kappa shape index (κ2) is 7.23. The highest BCUT2D eigenvalue weighted by atomic mass is 32.2. The van der Waals surface area contributed by atoms with Crippen molar-refractivity contribution in [3.05, 3.63) is 23.4 Å². The third-order valence-electron chi connectivity index (χ3n) is 2.88. The number of anilines is 1. The molecule has 1 amide bonds. The average molecular weight is 283 g/mol. The predicted octanol–water partition coefficient (Wildman–Crippen LogP) is 1.18. The van der Waals surface area contributed by atoms with Crippen LogP contribution in [0.2, 0.25) is 0 Å². The quantitative estimate of drug-likeness (QED) is 0.822. The first-order valence-corrected chi connectivity index (χ1v) is 7.89. The lowest BCUT2D eigenvalue weighted by Gasteiger charge is -2.11. The van der Waals surface area contributed by atoms with E-state index in [4.69, 9.17) is 0 Å². The summed E-state index contributed by atoms with van der Waals surface area (Å²) in [4.78, 5) is 16.4. The highest BCUT2D eigenvalue weighted by Crippen LogP contribution is 2.10. The summed E-state index contributed by atoms with van der Waals surface area (Å²) in [5.41, 5.74) is 1.44. The lowest BCUT2D eigenvalue weighted by molar-refractivity contribution is 0.0954. The first-order chi connectivity index (χ1) is 8.97. The fraction of sp³-hybridized carbons (Fsp3) is 0.538. The molecule has 0 aliphatic heterocycles. The Bertz CT molecular complexity index is 455. The van der Waals surface area contributed by atoms with Gasteiger partial charge in [0.25, 0.3) is 5.91 Å². The zero-order valence-corrected chi connectivity index (χ0v) is 12.6. The van der Waals surface area contributed by atoms with Crippen LogP contribution in [0.15, 0.2) is 12.1 Å². The summed E-state index contributed by atoms with van der Waals surface area (Å²) in [7, 11) is 0.835. The van der Waals surface area contributed by atoms with Crippen LogP contribution in [-0.4, -0.2) is 40.2 Å². The van der Waals surface area contributed by atoms with Gasteiger partial charge in [-0.05, 0) is 25.5 Å². The molecule has 0 spiro atoms. The lowest BCUT2D eigenvalue weighted by Crippen LogP contribution is -2.32. The molecule has 5 nitrogen and oxygen atoms in total. The highest BCUT2D eigenvalue weighted by Gasteiger charge is 2.12. The molecule has 0 radical (unpaired) electrons. The Morgan fingerprint density at radius 1 is 1.47 bits per heavy atom. The monoisotopic (exact) mass is 283 g/mol. The summed E-state index contributed by atoms with van der Waals surface area (Å²) < 4.78 is 11.2. The molecule has 1 aromatic rings. The van der Waals surface area contributed by atoms with E-state index in [1.165, 1.54) is 0 Å². The summed E-state index contributed by atoms with van der Waals surface area (Å²) in [6.07, 6.45) is 2.41. The largest absolute Gasteiger partial charge is 0.373 e.